The van der Waals surface area contributed by atoms with Crippen molar-refractivity contribution in [1.82, 2.24) is 5.32 Å². The summed E-state index contributed by atoms with van der Waals surface area (Å²) in [5, 5.41) is 14.9. The average molecular weight is 487 g/mol. The quantitative estimate of drug-likeness (QED) is 0.252. The number of amides is 1. The highest BCUT2D eigenvalue weighted by Crippen LogP contribution is 2.30. The van der Waals surface area contributed by atoms with E-state index in [2.05, 4.69) is 5.32 Å². The van der Waals surface area contributed by atoms with E-state index >= 15 is 0 Å². The monoisotopic (exact) mass is 487 g/mol. The molecule has 34 heavy (non-hydrogen) atoms. The number of ether oxygens (including phenoxy) is 2. The third-order valence-electron chi connectivity index (χ3n) is 5.05. The fourth-order valence-electron chi connectivity index (χ4n) is 3.21. The summed E-state index contributed by atoms with van der Waals surface area (Å²) in [5.41, 5.74) is -0.0801. The molecule has 3 rings (SSSR count). The molecule has 180 valence electrons. The highest BCUT2D eigenvalue weighted by atomic mass is 32.1. The number of hydrogen-bond donors (Lipinski definition) is 2. The zero-order valence-corrected chi connectivity index (χ0v) is 20.0. The van der Waals surface area contributed by atoms with Crippen LogP contribution in [-0.4, -0.2) is 48.5 Å². The number of carbonyl (C=O) groups excluding carboxylic acids is 4. The van der Waals surface area contributed by atoms with Crippen LogP contribution in [0.3, 0.4) is 0 Å². The van der Waals surface area contributed by atoms with Crippen LogP contribution in [0, 0.1) is 5.41 Å². The maximum atomic E-state index is 12.5. The van der Waals surface area contributed by atoms with Crippen molar-refractivity contribution in [3.63, 3.8) is 0 Å². The van der Waals surface area contributed by atoms with Gasteiger partial charge < -0.3 is 24.5 Å². The Morgan fingerprint density at radius 1 is 1.15 bits per heavy atom. The van der Waals surface area contributed by atoms with Gasteiger partial charge in [-0.3, -0.25) is 14.4 Å². The molecule has 1 atom stereocenters. The first-order valence-electron chi connectivity index (χ1n) is 10.7. The van der Waals surface area contributed by atoms with E-state index in [-0.39, 0.29) is 36.4 Å². The second-order valence-electron chi connectivity index (χ2n) is 8.81. The van der Waals surface area contributed by atoms with E-state index in [9.17, 15) is 24.2 Å². The van der Waals surface area contributed by atoms with E-state index in [1.54, 1.807) is 50.4 Å². The van der Waals surface area contributed by atoms with Crippen molar-refractivity contribution in [3.8, 4) is 5.75 Å². The first kappa shape index (κ1) is 25.4. The predicted molar refractivity (Wildman–Crippen MR) is 124 cm³/mol. The lowest BCUT2D eigenvalue weighted by molar-refractivity contribution is -0.161. The Kier molecular flexibility index (Phi) is 8.11. The summed E-state index contributed by atoms with van der Waals surface area (Å²) in [6, 6.07) is 8.27. The van der Waals surface area contributed by atoms with Crippen LogP contribution in [0.15, 0.2) is 35.7 Å². The van der Waals surface area contributed by atoms with Gasteiger partial charge in [0.25, 0.3) is 0 Å². The van der Waals surface area contributed by atoms with Crippen LogP contribution in [-0.2, 0) is 25.5 Å². The summed E-state index contributed by atoms with van der Waals surface area (Å²) < 4.78 is 15.5. The first-order valence-corrected chi connectivity index (χ1v) is 11.6. The first-order chi connectivity index (χ1) is 16.1. The normalized spacial score (nSPS) is 15.1. The zero-order valence-electron chi connectivity index (χ0n) is 19.2. The van der Waals surface area contributed by atoms with Gasteiger partial charge in [-0.2, -0.15) is 0 Å². The van der Waals surface area contributed by atoms with Crippen LogP contribution < -0.4 is 9.97 Å². The number of rotatable bonds is 8. The van der Waals surface area contributed by atoms with Crippen LogP contribution >= 0.6 is 11.3 Å². The molecule has 0 aliphatic carbocycles. The number of thiophene rings is 1. The summed E-state index contributed by atoms with van der Waals surface area (Å²) in [5.74, 6) is -2.42. The molecule has 0 fully saturated rings. The molecule has 2 N–H and O–H groups in total. The lowest BCUT2D eigenvalue weighted by Gasteiger charge is -2.29. The molecular formula is C23H26BNO8S. The molecule has 1 aliphatic heterocycles. The fourth-order valence-corrected chi connectivity index (χ4v) is 3.90. The molecule has 0 unspecified atom stereocenters. The van der Waals surface area contributed by atoms with Crippen molar-refractivity contribution in [3.05, 3.63) is 51.7 Å². The van der Waals surface area contributed by atoms with Gasteiger partial charge in [-0.15, -0.1) is 11.3 Å². The van der Waals surface area contributed by atoms with Gasteiger partial charge >= 0.3 is 19.1 Å². The van der Waals surface area contributed by atoms with Crippen LogP contribution in [0.4, 0.5) is 0 Å². The number of esters is 2. The fraction of sp³-hybridized carbons (Fsp3) is 0.391. The number of Topliss-reactive ketones (excluding diaryl/α,β-unsaturated/α-hetero) is 1. The second kappa shape index (κ2) is 10.8. The van der Waals surface area contributed by atoms with Gasteiger partial charge in [0.05, 0.1) is 16.2 Å². The topological polar surface area (TPSA) is 128 Å². The van der Waals surface area contributed by atoms with Crippen molar-refractivity contribution >= 4 is 42.1 Å². The molecule has 1 aliphatic rings. The van der Waals surface area contributed by atoms with E-state index in [0.29, 0.717) is 10.4 Å². The van der Waals surface area contributed by atoms with Gasteiger partial charge in [0, 0.05) is 12.8 Å². The molecule has 0 bridgehead atoms. The third-order valence-corrected chi connectivity index (χ3v) is 5.96. The number of carbonyl (C=O) groups is 4. The highest BCUT2D eigenvalue weighted by Gasteiger charge is 2.38. The Labute approximate surface area is 201 Å². The molecule has 0 radical (unpaired) electrons. The Morgan fingerprint density at radius 2 is 1.91 bits per heavy atom. The summed E-state index contributed by atoms with van der Waals surface area (Å²) in [4.78, 5) is 49.3. The van der Waals surface area contributed by atoms with Crippen molar-refractivity contribution in [2.45, 2.75) is 46.0 Å². The Balaban J connectivity index is 1.56. The maximum Gasteiger partial charge on any atom is 0.547 e. The van der Waals surface area contributed by atoms with Crippen LogP contribution in [0.1, 0.15) is 59.2 Å². The molecule has 1 aromatic heterocycles. The van der Waals surface area contributed by atoms with Gasteiger partial charge in [0.15, 0.2) is 5.78 Å². The standard InChI is InChI=1S/C23H26BNO8S/c1-23(2,3)22(29)32-13-31-21(28)15-7-4-6-14-12-18(24(30)33-20(14)15)25-19(27)10-9-16(26)17-8-5-11-34-17/h4-8,11,18,30H,9-10,12-13H2,1-3H3,(H,25,27)/t18-/m0/s1. The van der Waals surface area contributed by atoms with Crippen LogP contribution in [0.5, 0.6) is 5.75 Å². The summed E-state index contributed by atoms with van der Waals surface area (Å²) in [6.07, 6.45) is 0.246. The molecular weight excluding hydrogens is 461 g/mol. The van der Waals surface area contributed by atoms with E-state index in [4.69, 9.17) is 14.1 Å². The molecule has 11 heteroatoms. The van der Waals surface area contributed by atoms with Crippen molar-refractivity contribution in [2.75, 3.05) is 6.79 Å². The third kappa shape index (κ3) is 6.45. The number of para-hydroxylation sites is 1. The van der Waals surface area contributed by atoms with E-state index in [0.717, 1.165) is 0 Å². The zero-order chi connectivity index (χ0) is 24.9. The minimum Gasteiger partial charge on any atom is -0.534 e. The molecule has 0 spiro atoms. The van der Waals surface area contributed by atoms with Crippen molar-refractivity contribution in [2.24, 2.45) is 5.41 Å². The molecule has 0 saturated heterocycles. The van der Waals surface area contributed by atoms with Gasteiger partial charge in [-0.1, -0.05) is 18.2 Å². The number of nitrogens with one attached hydrogen (secondary N) is 1. The Morgan fingerprint density at radius 3 is 2.59 bits per heavy atom. The molecule has 1 amide bonds. The average Bonchev–Trinajstić information content (AvgIpc) is 3.32. The van der Waals surface area contributed by atoms with Gasteiger partial charge in [0.2, 0.25) is 12.7 Å². The predicted octanol–water partition coefficient (Wildman–Crippen LogP) is 2.55. The molecule has 2 aromatic rings. The number of benzene rings is 1. The highest BCUT2D eigenvalue weighted by molar-refractivity contribution is 7.12. The van der Waals surface area contributed by atoms with E-state index < -0.39 is 43.1 Å². The van der Waals surface area contributed by atoms with Crippen LogP contribution in [0.2, 0.25) is 0 Å². The number of ketones is 1. The second-order valence-corrected chi connectivity index (χ2v) is 9.76. The van der Waals surface area contributed by atoms with Gasteiger partial charge in [-0.05, 0) is 50.3 Å². The summed E-state index contributed by atoms with van der Waals surface area (Å²) >= 11 is 1.32. The molecule has 2 heterocycles. The summed E-state index contributed by atoms with van der Waals surface area (Å²) in [6.45, 7) is 4.48. The van der Waals surface area contributed by atoms with Gasteiger partial charge in [-0.25, -0.2) is 4.79 Å². The minimum absolute atomic E-state index is 0.0214. The van der Waals surface area contributed by atoms with Crippen molar-refractivity contribution < 1.29 is 38.3 Å². The van der Waals surface area contributed by atoms with Crippen molar-refractivity contribution in [1.29, 1.82) is 0 Å². The maximum absolute atomic E-state index is 12.5. The Bertz CT molecular complexity index is 1060. The summed E-state index contributed by atoms with van der Waals surface area (Å²) in [7, 11) is -1.41. The lowest BCUT2D eigenvalue weighted by atomic mass is 9.72. The smallest absolute Gasteiger partial charge is 0.534 e. The lowest BCUT2D eigenvalue weighted by Crippen LogP contribution is -2.53. The van der Waals surface area contributed by atoms with E-state index in [1.807, 2.05) is 0 Å². The van der Waals surface area contributed by atoms with Crippen LogP contribution in [0.25, 0.3) is 0 Å². The minimum atomic E-state index is -1.41. The van der Waals surface area contributed by atoms with E-state index in [1.165, 1.54) is 17.4 Å². The number of hydrogen-bond acceptors (Lipinski definition) is 9. The SMILES string of the molecule is CC(C)(C)C(=O)OCOC(=O)c1cccc2c1OB(O)[C@@H](NC(=O)CCC(=O)c1cccs1)C2. The Hall–Kier alpha value is -3.18. The number of fused-ring (bicyclic) bond motifs is 1. The largest absolute Gasteiger partial charge is 0.547 e. The molecule has 1 aromatic carbocycles. The molecule has 9 nitrogen and oxygen atoms in total. The molecule has 0 saturated carbocycles. The van der Waals surface area contributed by atoms with Gasteiger partial charge in [0.1, 0.15) is 11.3 Å².